The smallest absolute Gasteiger partial charge is 0.295 e. The van der Waals surface area contributed by atoms with Gasteiger partial charge in [0.2, 0.25) is 0 Å². The molecule has 0 unspecified atom stereocenters. The molecule has 0 radical (unpaired) electrons. The number of benzene rings is 2. The summed E-state index contributed by atoms with van der Waals surface area (Å²) in [6, 6.07) is 17.0. The van der Waals surface area contributed by atoms with E-state index in [4.69, 9.17) is 0 Å². The number of nitrogens with one attached hydrogen (secondary N) is 3. The lowest BCUT2D eigenvalue weighted by Gasteiger charge is -2.08. The molecule has 2 aromatic carbocycles. The summed E-state index contributed by atoms with van der Waals surface area (Å²) in [7, 11) is 1.74. The van der Waals surface area contributed by atoms with Crippen LogP contribution < -0.4 is 16.2 Å². The van der Waals surface area contributed by atoms with Crippen molar-refractivity contribution in [2.24, 2.45) is 7.05 Å². The van der Waals surface area contributed by atoms with Gasteiger partial charge in [-0.05, 0) is 50.2 Å². The first-order valence-corrected chi connectivity index (χ1v) is 10.5. The third-order valence-corrected chi connectivity index (χ3v) is 5.51. The average molecular weight is 457 g/mol. The van der Waals surface area contributed by atoms with Gasteiger partial charge in [-0.15, -0.1) is 0 Å². The zero-order valence-electron chi connectivity index (χ0n) is 18.9. The van der Waals surface area contributed by atoms with Crippen molar-refractivity contribution >= 4 is 29.0 Å². The Morgan fingerprint density at radius 3 is 2.29 bits per heavy atom. The Bertz CT molecular complexity index is 1460. The quantitative estimate of drug-likeness (QED) is 0.384. The maximum absolute atomic E-state index is 13.0. The van der Waals surface area contributed by atoms with E-state index in [2.05, 4.69) is 15.6 Å². The van der Waals surface area contributed by atoms with Gasteiger partial charge in [-0.25, -0.2) is 4.68 Å². The molecule has 0 aliphatic carbocycles. The monoisotopic (exact) mass is 457 g/mol. The van der Waals surface area contributed by atoms with E-state index in [1.807, 2.05) is 30.3 Å². The summed E-state index contributed by atoms with van der Waals surface area (Å²) in [6.45, 7) is 3.16. The van der Waals surface area contributed by atoms with Crippen molar-refractivity contribution in [1.29, 1.82) is 0 Å². The molecule has 0 atom stereocenters. The molecule has 2 heterocycles. The molecule has 9 nitrogen and oxygen atoms in total. The number of aromatic nitrogens is 3. The van der Waals surface area contributed by atoms with Crippen LogP contribution in [0.1, 0.15) is 43.8 Å². The van der Waals surface area contributed by atoms with E-state index in [0.717, 1.165) is 0 Å². The Morgan fingerprint density at radius 1 is 0.882 bits per heavy atom. The maximum Gasteiger partial charge on any atom is 0.295 e. The Hall–Kier alpha value is -4.66. The van der Waals surface area contributed by atoms with Crippen molar-refractivity contribution in [3.8, 4) is 5.69 Å². The average Bonchev–Trinajstić information content (AvgIpc) is 3.40. The number of para-hydroxylation sites is 1. The predicted molar refractivity (Wildman–Crippen MR) is 129 cm³/mol. The lowest BCUT2D eigenvalue weighted by molar-refractivity contribution is 0.101. The van der Waals surface area contributed by atoms with Gasteiger partial charge in [0.05, 0.1) is 11.4 Å². The van der Waals surface area contributed by atoms with Crippen molar-refractivity contribution < 1.29 is 14.4 Å². The zero-order chi connectivity index (χ0) is 24.4. The number of rotatable bonds is 6. The number of amides is 2. The molecule has 2 amide bonds. The summed E-state index contributed by atoms with van der Waals surface area (Å²) in [5.74, 6) is -1.09. The highest BCUT2D eigenvalue weighted by Crippen LogP contribution is 2.17. The molecule has 3 N–H and O–H groups in total. The Balaban J connectivity index is 1.55. The van der Waals surface area contributed by atoms with E-state index in [1.54, 1.807) is 36.9 Å². The molecular formula is C25H23N5O4. The lowest BCUT2D eigenvalue weighted by atomic mass is 10.1. The lowest BCUT2D eigenvalue weighted by Crippen LogP contribution is -2.23. The van der Waals surface area contributed by atoms with Gasteiger partial charge in [0.1, 0.15) is 11.4 Å². The van der Waals surface area contributed by atoms with Crippen LogP contribution in [0.2, 0.25) is 0 Å². The van der Waals surface area contributed by atoms with Crippen LogP contribution in [-0.4, -0.2) is 31.9 Å². The number of anilines is 2. The van der Waals surface area contributed by atoms with Crippen LogP contribution in [0.5, 0.6) is 0 Å². The topological polar surface area (TPSA) is 118 Å². The first-order valence-electron chi connectivity index (χ1n) is 10.5. The van der Waals surface area contributed by atoms with Crippen LogP contribution in [0.4, 0.5) is 11.4 Å². The van der Waals surface area contributed by atoms with Crippen molar-refractivity contribution in [1.82, 2.24) is 14.3 Å². The van der Waals surface area contributed by atoms with Crippen molar-refractivity contribution in [3.05, 3.63) is 99.7 Å². The van der Waals surface area contributed by atoms with E-state index in [-0.39, 0.29) is 28.3 Å². The van der Waals surface area contributed by atoms with E-state index in [0.29, 0.717) is 22.6 Å². The fraction of sp³-hybridized carbons (Fsp3) is 0.120. The summed E-state index contributed by atoms with van der Waals surface area (Å²) in [6.07, 6.45) is 1.46. The normalized spacial score (nSPS) is 10.7. The molecule has 0 fully saturated rings. The number of hydrogen-bond donors (Lipinski definition) is 3. The second-order valence-electron chi connectivity index (χ2n) is 7.78. The second kappa shape index (κ2) is 9.07. The molecule has 34 heavy (non-hydrogen) atoms. The van der Waals surface area contributed by atoms with Gasteiger partial charge in [-0.1, -0.05) is 24.3 Å². The molecule has 2 aromatic heterocycles. The second-order valence-corrected chi connectivity index (χ2v) is 7.78. The summed E-state index contributed by atoms with van der Waals surface area (Å²) in [4.78, 5) is 52.7. The standard InChI is InChI=1S/C25H23N5O4/c1-15-22(25(34)30(29(15)3)20-10-5-4-6-11-20)28-23(32)17-8-7-9-19(12-17)27-24(33)21-13-18(14-26-21)16(2)31/h4-14,26H,1-3H3,(H,27,33)(H,28,32). The number of H-pyrrole nitrogens is 1. The Kier molecular flexibility index (Phi) is 6.01. The van der Waals surface area contributed by atoms with E-state index < -0.39 is 11.8 Å². The van der Waals surface area contributed by atoms with Crippen LogP contribution in [0, 0.1) is 6.92 Å². The molecule has 172 valence electrons. The number of carbonyl (C=O) groups excluding carboxylic acids is 3. The largest absolute Gasteiger partial charge is 0.356 e. The van der Waals surface area contributed by atoms with Gasteiger partial charge in [0.15, 0.2) is 5.78 Å². The molecule has 0 aliphatic heterocycles. The third-order valence-electron chi connectivity index (χ3n) is 5.51. The third kappa shape index (κ3) is 4.31. The number of Topliss-reactive ketones (excluding diaryl/α,β-unsaturated/α-hetero) is 1. The van der Waals surface area contributed by atoms with E-state index >= 15 is 0 Å². The SMILES string of the molecule is CC(=O)c1c[nH]c(C(=O)Nc2cccc(C(=O)Nc3c(C)n(C)n(-c4ccccc4)c3=O)c2)c1. The zero-order valence-corrected chi connectivity index (χ0v) is 18.9. The van der Waals surface area contributed by atoms with Crippen LogP contribution in [-0.2, 0) is 7.05 Å². The molecule has 9 heteroatoms. The van der Waals surface area contributed by atoms with E-state index in [9.17, 15) is 19.2 Å². The van der Waals surface area contributed by atoms with Crippen molar-refractivity contribution in [2.75, 3.05) is 10.6 Å². The molecule has 4 aromatic rings. The molecular weight excluding hydrogens is 434 g/mol. The van der Waals surface area contributed by atoms with Gasteiger partial charge < -0.3 is 15.6 Å². The number of carbonyl (C=O) groups is 3. The summed E-state index contributed by atoms with van der Waals surface area (Å²) >= 11 is 0. The molecule has 0 aliphatic rings. The van der Waals surface area contributed by atoms with Gasteiger partial charge in [-0.3, -0.25) is 23.9 Å². The molecule has 4 rings (SSSR count). The highest BCUT2D eigenvalue weighted by molar-refractivity contribution is 6.07. The maximum atomic E-state index is 13.0. The number of aromatic amines is 1. The fourth-order valence-corrected chi connectivity index (χ4v) is 3.56. The summed E-state index contributed by atoms with van der Waals surface area (Å²) in [5, 5.41) is 5.40. The molecule has 0 bridgehead atoms. The fourth-order valence-electron chi connectivity index (χ4n) is 3.56. The Morgan fingerprint density at radius 2 is 1.62 bits per heavy atom. The van der Waals surface area contributed by atoms with E-state index in [1.165, 1.54) is 29.9 Å². The van der Waals surface area contributed by atoms with Crippen molar-refractivity contribution in [2.45, 2.75) is 13.8 Å². The van der Waals surface area contributed by atoms with Gasteiger partial charge in [0, 0.05) is 30.1 Å². The summed E-state index contributed by atoms with van der Waals surface area (Å²) < 4.78 is 3.16. The highest BCUT2D eigenvalue weighted by Gasteiger charge is 2.19. The minimum atomic E-state index is -0.485. The highest BCUT2D eigenvalue weighted by atomic mass is 16.2. The van der Waals surface area contributed by atoms with Crippen LogP contribution >= 0.6 is 0 Å². The van der Waals surface area contributed by atoms with Gasteiger partial charge in [-0.2, -0.15) is 0 Å². The summed E-state index contributed by atoms with van der Waals surface area (Å²) in [5.41, 5.74) is 2.39. The van der Waals surface area contributed by atoms with Crippen LogP contribution in [0.15, 0.2) is 71.7 Å². The molecule has 0 saturated heterocycles. The number of hydrogen-bond acceptors (Lipinski definition) is 4. The van der Waals surface area contributed by atoms with Gasteiger partial charge >= 0.3 is 0 Å². The minimum Gasteiger partial charge on any atom is -0.356 e. The number of ketones is 1. The van der Waals surface area contributed by atoms with Crippen LogP contribution in [0.25, 0.3) is 5.69 Å². The predicted octanol–water partition coefficient (Wildman–Crippen LogP) is 3.52. The Labute approximate surface area is 195 Å². The first-order chi connectivity index (χ1) is 16.3. The first kappa shape index (κ1) is 22.5. The number of nitrogens with zero attached hydrogens (tertiary/aromatic N) is 2. The minimum absolute atomic E-state index is 0.156. The van der Waals surface area contributed by atoms with Crippen LogP contribution in [0.3, 0.4) is 0 Å². The molecule has 0 spiro atoms. The van der Waals surface area contributed by atoms with Crippen molar-refractivity contribution in [3.63, 3.8) is 0 Å². The van der Waals surface area contributed by atoms with Gasteiger partial charge in [0.25, 0.3) is 17.4 Å². The molecule has 0 saturated carbocycles.